The molecule has 1 fully saturated rings. The minimum absolute atomic E-state index is 0.0534. The zero-order chi connectivity index (χ0) is 25.1. The third-order valence-corrected chi connectivity index (χ3v) is 6.39. The summed E-state index contributed by atoms with van der Waals surface area (Å²) >= 11 is 6.30. The number of halogens is 1. The molecule has 2 heterocycles. The van der Waals surface area contributed by atoms with Crippen molar-refractivity contribution in [2.75, 3.05) is 32.8 Å². The van der Waals surface area contributed by atoms with Crippen molar-refractivity contribution in [2.45, 2.75) is 12.5 Å². The van der Waals surface area contributed by atoms with Gasteiger partial charge in [-0.1, -0.05) is 29.8 Å². The van der Waals surface area contributed by atoms with Crippen LogP contribution in [0.2, 0.25) is 5.02 Å². The molecule has 0 spiro atoms. The normalized spacial score (nSPS) is 16.2. The molecular weight excluding hydrogens is 472 g/mol. The van der Waals surface area contributed by atoms with Gasteiger partial charge in [0.05, 0.1) is 38.0 Å². The number of carbonyl (C=O) groups excluding carboxylic acids is 2. The Hall–Kier alpha value is -3.72. The Bertz CT molecular complexity index is 1240. The van der Waals surface area contributed by atoms with E-state index in [1.54, 1.807) is 25.4 Å². The molecule has 0 aliphatic carbocycles. The highest BCUT2D eigenvalue weighted by Crippen LogP contribution is 2.40. The summed E-state index contributed by atoms with van der Waals surface area (Å²) in [5, 5.41) is 3.43. The number of aryl methyl sites for hydroxylation is 1. The maximum absolute atomic E-state index is 13.4. The summed E-state index contributed by atoms with van der Waals surface area (Å²) in [5.74, 6) is 1.10. The topological polar surface area (TPSA) is 94.9 Å². The minimum atomic E-state index is -0.578. The Labute approximate surface area is 208 Å². The van der Waals surface area contributed by atoms with Crippen LogP contribution in [-0.4, -0.2) is 49.2 Å². The molecular formula is C25H27ClN4O5. The first-order chi connectivity index (χ1) is 16.9. The van der Waals surface area contributed by atoms with E-state index in [1.807, 2.05) is 42.1 Å². The molecule has 10 heteroatoms. The van der Waals surface area contributed by atoms with Gasteiger partial charge in [-0.15, -0.1) is 0 Å². The first-order valence-corrected chi connectivity index (χ1v) is 11.4. The molecule has 0 unspecified atom stereocenters. The van der Waals surface area contributed by atoms with E-state index in [-0.39, 0.29) is 24.8 Å². The number of amides is 2. The molecule has 1 aliphatic rings. The van der Waals surface area contributed by atoms with Gasteiger partial charge in [-0.2, -0.15) is 0 Å². The molecule has 1 N–H and O–H groups in total. The van der Waals surface area contributed by atoms with Crippen LogP contribution in [0.3, 0.4) is 0 Å². The number of hydrogen-bond donors (Lipinski definition) is 1. The molecule has 3 aromatic rings. The van der Waals surface area contributed by atoms with Gasteiger partial charge in [0.1, 0.15) is 29.1 Å². The number of nitrogens with zero attached hydrogens (tertiary/aromatic N) is 3. The fourth-order valence-corrected chi connectivity index (χ4v) is 4.51. The average molecular weight is 499 g/mol. The van der Waals surface area contributed by atoms with Crippen LogP contribution >= 0.6 is 11.6 Å². The second-order valence-corrected chi connectivity index (χ2v) is 8.55. The number of imidazole rings is 1. The van der Waals surface area contributed by atoms with Crippen molar-refractivity contribution in [3.63, 3.8) is 0 Å². The first kappa shape index (κ1) is 24.4. The van der Waals surface area contributed by atoms with Gasteiger partial charge in [0.15, 0.2) is 0 Å². The van der Waals surface area contributed by atoms with E-state index in [0.717, 1.165) is 5.56 Å². The fraction of sp³-hybridized carbons (Fsp3) is 0.320. The van der Waals surface area contributed by atoms with Crippen LogP contribution in [0.5, 0.6) is 17.2 Å². The number of para-hydroxylation sites is 1. The standard InChI is InChI=1S/C25H27ClN4O5/c1-29-10-9-27-24(29)23(16-7-5-6-8-19(16)33-2)28-25(32)15-11-22(31)30(14-15)18-12-17(26)20(34-3)13-21(18)35-4/h5-10,12-13,15,23H,11,14H2,1-4H3,(H,28,32)/t15-,23+/m0/s1. The number of aromatic nitrogens is 2. The lowest BCUT2D eigenvalue weighted by molar-refractivity contribution is -0.126. The Balaban J connectivity index is 1.60. The Morgan fingerprint density at radius 2 is 1.83 bits per heavy atom. The number of rotatable bonds is 8. The Kier molecular flexibility index (Phi) is 7.16. The molecule has 2 aromatic carbocycles. The molecule has 1 saturated heterocycles. The number of hydrogen-bond acceptors (Lipinski definition) is 6. The lowest BCUT2D eigenvalue weighted by Crippen LogP contribution is -2.37. The molecule has 2 atom stereocenters. The Morgan fingerprint density at radius 3 is 2.49 bits per heavy atom. The molecule has 0 saturated carbocycles. The molecule has 1 aliphatic heterocycles. The zero-order valence-electron chi connectivity index (χ0n) is 19.9. The summed E-state index contributed by atoms with van der Waals surface area (Å²) in [5.41, 5.74) is 1.26. The lowest BCUT2D eigenvalue weighted by Gasteiger charge is -2.23. The van der Waals surface area contributed by atoms with Crippen molar-refractivity contribution in [3.05, 3.63) is 65.2 Å². The van der Waals surface area contributed by atoms with Crippen LogP contribution in [0.15, 0.2) is 48.8 Å². The van der Waals surface area contributed by atoms with Gasteiger partial charge >= 0.3 is 0 Å². The van der Waals surface area contributed by atoms with Crippen LogP contribution in [0.1, 0.15) is 23.9 Å². The lowest BCUT2D eigenvalue weighted by atomic mass is 10.0. The summed E-state index contributed by atoms with van der Waals surface area (Å²) in [7, 11) is 6.44. The predicted molar refractivity (Wildman–Crippen MR) is 131 cm³/mol. The van der Waals surface area contributed by atoms with Gasteiger partial charge in [0.25, 0.3) is 0 Å². The van der Waals surface area contributed by atoms with Gasteiger partial charge < -0.3 is 29.0 Å². The highest BCUT2D eigenvalue weighted by atomic mass is 35.5. The zero-order valence-corrected chi connectivity index (χ0v) is 20.7. The SMILES string of the molecule is COc1cc(OC)c(N2C[C@@H](C(=O)N[C@H](c3ccccc3OC)c3nccn3C)CC2=O)cc1Cl. The smallest absolute Gasteiger partial charge is 0.227 e. The largest absolute Gasteiger partial charge is 0.496 e. The van der Waals surface area contributed by atoms with Crippen LogP contribution in [0, 0.1) is 5.92 Å². The third kappa shape index (κ3) is 4.77. The summed E-state index contributed by atoms with van der Waals surface area (Å²) in [4.78, 5) is 32.3. The van der Waals surface area contributed by atoms with Gasteiger partial charge in [-0.25, -0.2) is 4.98 Å². The van der Waals surface area contributed by atoms with E-state index in [0.29, 0.717) is 33.8 Å². The van der Waals surface area contributed by atoms with Crippen LogP contribution in [-0.2, 0) is 16.6 Å². The number of benzene rings is 2. The van der Waals surface area contributed by atoms with Crippen molar-refractivity contribution in [1.82, 2.24) is 14.9 Å². The number of ether oxygens (including phenoxy) is 3. The monoisotopic (exact) mass is 498 g/mol. The fourth-order valence-electron chi connectivity index (χ4n) is 4.27. The molecule has 2 amide bonds. The molecule has 184 valence electrons. The number of methoxy groups -OCH3 is 3. The van der Waals surface area contributed by atoms with Crippen molar-refractivity contribution in [2.24, 2.45) is 13.0 Å². The first-order valence-electron chi connectivity index (χ1n) is 11.0. The number of nitrogens with one attached hydrogen (secondary N) is 1. The van der Waals surface area contributed by atoms with E-state index in [2.05, 4.69) is 10.3 Å². The van der Waals surface area contributed by atoms with Crippen molar-refractivity contribution >= 4 is 29.1 Å². The molecule has 9 nitrogen and oxygen atoms in total. The van der Waals surface area contributed by atoms with Gasteiger partial charge in [-0.05, 0) is 12.1 Å². The van der Waals surface area contributed by atoms with Crippen molar-refractivity contribution in [1.29, 1.82) is 0 Å². The summed E-state index contributed by atoms with van der Waals surface area (Å²) in [6, 6.07) is 10.1. The number of anilines is 1. The van der Waals surface area contributed by atoms with Crippen LogP contribution in [0.4, 0.5) is 5.69 Å². The second kappa shape index (κ2) is 10.3. The van der Waals surface area contributed by atoms with E-state index >= 15 is 0 Å². The Morgan fingerprint density at radius 1 is 1.11 bits per heavy atom. The van der Waals surface area contributed by atoms with Crippen molar-refractivity contribution < 1.29 is 23.8 Å². The summed E-state index contributed by atoms with van der Waals surface area (Å²) < 4.78 is 18.1. The van der Waals surface area contributed by atoms with E-state index in [4.69, 9.17) is 25.8 Å². The van der Waals surface area contributed by atoms with E-state index in [1.165, 1.54) is 19.1 Å². The van der Waals surface area contributed by atoms with Gasteiger partial charge in [-0.3, -0.25) is 9.59 Å². The quantitative estimate of drug-likeness (QED) is 0.511. The summed E-state index contributed by atoms with van der Waals surface area (Å²) in [6.45, 7) is 0.183. The maximum Gasteiger partial charge on any atom is 0.227 e. The highest BCUT2D eigenvalue weighted by molar-refractivity contribution is 6.32. The van der Waals surface area contributed by atoms with Gasteiger partial charge in [0.2, 0.25) is 11.8 Å². The number of carbonyl (C=O) groups is 2. The predicted octanol–water partition coefficient (Wildman–Crippen LogP) is 3.36. The molecule has 4 rings (SSSR count). The third-order valence-electron chi connectivity index (χ3n) is 6.09. The van der Waals surface area contributed by atoms with Crippen molar-refractivity contribution in [3.8, 4) is 17.2 Å². The van der Waals surface area contributed by atoms with E-state index < -0.39 is 12.0 Å². The van der Waals surface area contributed by atoms with Crippen LogP contribution < -0.4 is 24.4 Å². The van der Waals surface area contributed by atoms with E-state index in [9.17, 15) is 9.59 Å². The average Bonchev–Trinajstić information content (AvgIpc) is 3.47. The highest BCUT2D eigenvalue weighted by Gasteiger charge is 2.38. The van der Waals surface area contributed by atoms with Crippen LogP contribution in [0.25, 0.3) is 0 Å². The maximum atomic E-state index is 13.4. The molecule has 0 bridgehead atoms. The minimum Gasteiger partial charge on any atom is -0.496 e. The van der Waals surface area contributed by atoms with Gasteiger partial charge in [0, 0.05) is 44.0 Å². The molecule has 35 heavy (non-hydrogen) atoms. The molecule has 1 aromatic heterocycles. The summed E-state index contributed by atoms with van der Waals surface area (Å²) in [6.07, 6.45) is 3.53. The second-order valence-electron chi connectivity index (χ2n) is 8.14. The molecule has 0 radical (unpaired) electrons.